The van der Waals surface area contributed by atoms with Crippen molar-refractivity contribution in [3.05, 3.63) is 70.0 Å². The van der Waals surface area contributed by atoms with Crippen LogP contribution in [-0.2, 0) is 12.6 Å². The molecule has 4 aromatic heterocycles. The fourth-order valence-corrected chi connectivity index (χ4v) is 3.88. The largest absolute Gasteiger partial charge is 0.854 e. The van der Waals surface area contributed by atoms with Crippen LogP contribution in [0.4, 0.5) is 18.9 Å². The van der Waals surface area contributed by atoms with Gasteiger partial charge in [0.2, 0.25) is 0 Å². The Morgan fingerprint density at radius 3 is 2.62 bits per heavy atom. The fourth-order valence-electron chi connectivity index (χ4n) is 3.41. The molecule has 0 radical (unpaired) electrons. The van der Waals surface area contributed by atoms with Crippen LogP contribution in [0.1, 0.15) is 34.6 Å². The van der Waals surface area contributed by atoms with Gasteiger partial charge >= 0.3 is 6.18 Å². The van der Waals surface area contributed by atoms with Crippen LogP contribution < -0.4 is 10.4 Å². The van der Waals surface area contributed by atoms with Gasteiger partial charge in [-0.15, -0.1) is 6.61 Å². The van der Waals surface area contributed by atoms with Gasteiger partial charge in [0.15, 0.2) is 11.3 Å². The fraction of sp³-hybridized carbons (Fsp3) is 0.238. The lowest BCUT2D eigenvalue weighted by atomic mass is 10.1. The molecule has 0 saturated carbocycles. The first-order chi connectivity index (χ1) is 16.2. The highest BCUT2D eigenvalue weighted by atomic mass is 35.5. The van der Waals surface area contributed by atoms with Crippen LogP contribution in [0.25, 0.3) is 11.5 Å². The van der Waals surface area contributed by atoms with E-state index in [1.807, 2.05) is 0 Å². The van der Waals surface area contributed by atoms with E-state index in [4.69, 9.17) is 23.2 Å². The zero-order valence-electron chi connectivity index (χ0n) is 17.3. The zero-order chi connectivity index (χ0) is 24.5. The number of fused-ring (bicyclic) bond motifs is 1. The summed E-state index contributed by atoms with van der Waals surface area (Å²) in [5.41, 5.74) is -1.07. The number of pyridine rings is 2. The maximum Gasteiger partial charge on any atom is 0.434 e. The Morgan fingerprint density at radius 1 is 1.12 bits per heavy atom. The average Bonchev–Trinajstić information content (AvgIpc) is 3.44. The van der Waals surface area contributed by atoms with Gasteiger partial charge in [0.1, 0.15) is 5.82 Å². The molecule has 0 unspecified atom stereocenters. The average molecular weight is 512 g/mol. The van der Waals surface area contributed by atoms with E-state index in [-0.39, 0.29) is 33.8 Å². The molecule has 1 N–H and O–H groups in total. The number of hydrogen-bond acceptors (Lipinski definition) is 5. The predicted molar refractivity (Wildman–Crippen MR) is 117 cm³/mol. The molecule has 0 saturated heterocycles. The Hall–Kier alpha value is -3.15. The molecule has 4 aromatic rings. The smallest absolute Gasteiger partial charge is 0.434 e. The van der Waals surface area contributed by atoms with E-state index in [1.54, 1.807) is 0 Å². The van der Waals surface area contributed by atoms with Crippen LogP contribution in [0, 0.1) is 0 Å². The lowest BCUT2D eigenvalue weighted by Gasteiger charge is -2.14. The number of halogens is 5. The van der Waals surface area contributed by atoms with Crippen molar-refractivity contribution >= 4 is 40.4 Å². The quantitative estimate of drug-likeness (QED) is 0.375. The molecule has 0 aliphatic rings. The molecule has 8 nitrogen and oxygen atoms in total. The number of aryl methyl sites for hydroxylation is 1. The molecule has 13 heteroatoms. The van der Waals surface area contributed by atoms with E-state index in [1.165, 1.54) is 41.2 Å². The summed E-state index contributed by atoms with van der Waals surface area (Å²) in [6.45, 7) is -0.205. The maximum atomic E-state index is 14.0. The number of alkyl halides is 3. The van der Waals surface area contributed by atoms with Crippen molar-refractivity contribution in [3.8, 4) is 5.82 Å². The first kappa shape index (κ1) is 24.0. The second-order valence-corrected chi connectivity index (χ2v) is 8.06. The summed E-state index contributed by atoms with van der Waals surface area (Å²) >= 11 is 12.2. The van der Waals surface area contributed by atoms with Crippen LogP contribution in [0.15, 0.2) is 43.0 Å². The standard InChI is InChI=1S/C21H16Cl2F3N6O2/c22-14-4-5-17(31-7-6-27-19(14)31)32-18(21(24,25)26)13(11-29-32)20(34)30-12-9-15(23)16(28-10-12)3-1-2-8-33/h4-7,9-11H,1-3,8H2,(H,30,34)/q-1. The summed E-state index contributed by atoms with van der Waals surface area (Å²) in [4.78, 5) is 21.0. The predicted octanol–water partition coefficient (Wildman–Crippen LogP) is 4.18. The van der Waals surface area contributed by atoms with Crippen LogP contribution in [0.3, 0.4) is 0 Å². The van der Waals surface area contributed by atoms with Gasteiger partial charge in [0.25, 0.3) is 5.91 Å². The molecule has 0 aliphatic heterocycles. The van der Waals surface area contributed by atoms with Gasteiger partial charge in [-0.3, -0.25) is 14.2 Å². The number of nitrogens with one attached hydrogen (secondary N) is 1. The zero-order valence-corrected chi connectivity index (χ0v) is 18.8. The van der Waals surface area contributed by atoms with Crippen molar-refractivity contribution in [1.82, 2.24) is 24.1 Å². The normalized spacial score (nSPS) is 11.8. The first-order valence-corrected chi connectivity index (χ1v) is 10.8. The van der Waals surface area contributed by atoms with Gasteiger partial charge in [-0.1, -0.05) is 29.6 Å². The monoisotopic (exact) mass is 511 g/mol. The number of anilines is 1. The van der Waals surface area contributed by atoms with Gasteiger partial charge in [-0.2, -0.15) is 18.3 Å². The highest BCUT2D eigenvalue weighted by Crippen LogP contribution is 2.34. The lowest BCUT2D eigenvalue weighted by Crippen LogP contribution is -2.21. The Bertz CT molecular complexity index is 1350. The summed E-state index contributed by atoms with van der Waals surface area (Å²) in [5, 5.41) is 17.3. The molecule has 0 spiro atoms. The number of nitrogens with zero attached hydrogens (tertiary/aromatic N) is 5. The van der Waals surface area contributed by atoms with Crippen molar-refractivity contribution < 1.29 is 23.1 Å². The Labute approximate surface area is 201 Å². The van der Waals surface area contributed by atoms with Gasteiger partial charge in [-0.25, -0.2) is 9.67 Å². The summed E-state index contributed by atoms with van der Waals surface area (Å²) < 4.78 is 44.1. The van der Waals surface area contributed by atoms with Crippen LogP contribution in [-0.4, -0.2) is 36.7 Å². The third-order valence-corrected chi connectivity index (χ3v) is 5.58. The van der Waals surface area contributed by atoms with E-state index < -0.39 is 23.3 Å². The third-order valence-electron chi connectivity index (χ3n) is 4.96. The minimum Gasteiger partial charge on any atom is -0.854 e. The Morgan fingerprint density at radius 2 is 1.91 bits per heavy atom. The summed E-state index contributed by atoms with van der Waals surface area (Å²) in [5.74, 6) is -1.04. The summed E-state index contributed by atoms with van der Waals surface area (Å²) in [7, 11) is 0. The van der Waals surface area contributed by atoms with Gasteiger partial charge in [0, 0.05) is 12.4 Å². The molecule has 34 heavy (non-hydrogen) atoms. The van der Waals surface area contributed by atoms with Crippen molar-refractivity contribution in [2.75, 3.05) is 11.9 Å². The second kappa shape index (κ2) is 9.61. The molecule has 0 atom stereocenters. The van der Waals surface area contributed by atoms with E-state index in [9.17, 15) is 23.1 Å². The van der Waals surface area contributed by atoms with Crippen molar-refractivity contribution in [2.24, 2.45) is 0 Å². The Kier molecular flexibility index (Phi) is 6.78. The number of rotatable bonds is 7. The molecular weight excluding hydrogens is 496 g/mol. The number of hydrogen-bond donors (Lipinski definition) is 1. The molecule has 0 aromatic carbocycles. The molecule has 178 valence electrons. The number of amides is 1. The Balaban J connectivity index is 1.67. The maximum absolute atomic E-state index is 14.0. The molecule has 0 bridgehead atoms. The van der Waals surface area contributed by atoms with Crippen LogP contribution in [0.2, 0.25) is 10.0 Å². The number of carbonyl (C=O) groups excluding carboxylic acids is 1. The molecule has 1 amide bonds. The molecule has 4 heterocycles. The summed E-state index contributed by atoms with van der Waals surface area (Å²) in [6.07, 6.45) is 1.59. The lowest BCUT2D eigenvalue weighted by molar-refractivity contribution is -0.368. The highest BCUT2D eigenvalue weighted by Gasteiger charge is 2.41. The minimum atomic E-state index is -4.91. The van der Waals surface area contributed by atoms with Crippen LogP contribution in [0.5, 0.6) is 0 Å². The van der Waals surface area contributed by atoms with E-state index in [2.05, 4.69) is 20.4 Å². The highest BCUT2D eigenvalue weighted by molar-refractivity contribution is 6.33. The molecule has 4 rings (SSSR count). The van der Waals surface area contributed by atoms with Crippen molar-refractivity contribution in [3.63, 3.8) is 0 Å². The second-order valence-electron chi connectivity index (χ2n) is 7.24. The molecule has 0 fully saturated rings. The van der Waals surface area contributed by atoms with E-state index >= 15 is 0 Å². The first-order valence-electron chi connectivity index (χ1n) is 10.0. The van der Waals surface area contributed by atoms with Gasteiger partial charge < -0.3 is 10.4 Å². The number of imidazole rings is 1. The topological polar surface area (TPSA) is 100 Å². The van der Waals surface area contributed by atoms with E-state index in [0.717, 1.165) is 6.20 Å². The van der Waals surface area contributed by atoms with Gasteiger partial charge in [0.05, 0.1) is 39.4 Å². The summed E-state index contributed by atoms with van der Waals surface area (Å²) in [6, 6.07) is 4.13. The molecule has 0 aliphatic carbocycles. The van der Waals surface area contributed by atoms with Crippen molar-refractivity contribution in [1.29, 1.82) is 0 Å². The van der Waals surface area contributed by atoms with Crippen molar-refractivity contribution in [2.45, 2.75) is 25.4 Å². The SMILES string of the molecule is O=C(Nc1cnc(CCCC[O-])c(Cl)c1)c1cnn(-c2ccc(Cl)c3nccn23)c1C(F)(F)F. The molecular formula is C21H16Cl2F3N6O2-. The minimum absolute atomic E-state index is 0.00424. The van der Waals surface area contributed by atoms with Crippen LogP contribution >= 0.6 is 23.2 Å². The third kappa shape index (κ3) is 4.72. The number of carbonyl (C=O) groups is 1. The number of aromatic nitrogens is 5. The number of unbranched alkanes of at least 4 members (excludes halogenated alkanes) is 1. The van der Waals surface area contributed by atoms with E-state index in [0.29, 0.717) is 29.6 Å². The van der Waals surface area contributed by atoms with Gasteiger partial charge in [-0.05, 0) is 31.0 Å².